The normalized spacial score (nSPS) is 14.9. The molecule has 2 atom stereocenters. The Morgan fingerprint density at radius 1 is 1.09 bits per heavy atom. The first-order valence-electron chi connectivity index (χ1n) is 10.7. The Kier molecular flexibility index (Phi) is 8.49. The molecule has 0 bridgehead atoms. The summed E-state index contributed by atoms with van der Waals surface area (Å²) in [5, 5.41) is 11.5. The number of halogens is 3. The first-order valence-corrected chi connectivity index (χ1v) is 10.7. The number of rotatable bonds is 8. The highest BCUT2D eigenvalue weighted by Crippen LogP contribution is 2.25. The standard InChI is InChI=1S/C24H24F3N3O4/c25-24(26,27)12-21(34-23(32)30-11-10-18-8-4-5-9-19(18)14-30)22(31)29-20(13-28)16-33-15-17-6-2-1-3-7-17/h1-9,20-21H,10-12,14-16H2,(H,29,31)/t20-,21?/m1/s1. The van der Waals surface area contributed by atoms with Gasteiger partial charge in [0.05, 0.1) is 25.7 Å². The van der Waals surface area contributed by atoms with Gasteiger partial charge >= 0.3 is 12.3 Å². The van der Waals surface area contributed by atoms with Crippen LogP contribution in [0.3, 0.4) is 0 Å². The molecule has 2 amide bonds. The molecule has 180 valence electrons. The summed E-state index contributed by atoms with van der Waals surface area (Å²) in [5.41, 5.74) is 2.74. The molecule has 1 unspecified atom stereocenters. The van der Waals surface area contributed by atoms with E-state index in [-0.39, 0.29) is 26.3 Å². The van der Waals surface area contributed by atoms with E-state index in [4.69, 9.17) is 9.47 Å². The van der Waals surface area contributed by atoms with Gasteiger partial charge in [0.15, 0.2) is 6.10 Å². The second kappa shape index (κ2) is 11.5. The Labute approximate surface area is 195 Å². The lowest BCUT2D eigenvalue weighted by Gasteiger charge is -2.30. The first-order chi connectivity index (χ1) is 16.2. The molecule has 10 heteroatoms. The number of ether oxygens (including phenoxy) is 2. The number of nitrogens with one attached hydrogen (secondary N) is 1. The van der Waals surface area contributed by atoms with Gasteiger partial charge in [0.25, 0.3) is 5.91 Å². The molecule has 2 aromatic carbocycles. The minimum absolute atomic E-state index is 0.159. The third-order valence-corrected chi connectivity index (χ3v) is 5.21. The summed E-state index contributed by atoms with van der Waals surface area (Å²) in [7, 11) is 0. The number of carbonyl (C=O) groups is 2. The van der Waals surface area contributed by atoms with Gasteiger partial charge in [0.1, 0.15) is 6.04 Å². The largest absolute Gasteiger partial charge is 0.436 e. The number of alkyl halides is 3. The molecular formula is C24H24F3N3O4. The number of benzene rings is 2. The maximum absolute atomic E-state index is 13.1. The molecule has 0 spiro atoms. The van der Waals surface area contributed by atoms with Crippen molar-refractivity contribution in [2.75, 3.05) is 13.2 Å². The Morgan fingerprint density at radius 2 is 1.76 bits per heavy atom. The fourth-order valence-electron chi connectivity index (χ4n) is 3.49. The predicted octanol–water partition coefficient (Wildman–Crippen LogP) is 3.73. The predicted molar refractivity (Wildman–Crippen MR) is 115 cm³/mol. The summed E-state index contributed by atoms with van der Waals surface area (Å²) in [6.07, 6.45) is -9.06. The van der Waals surface area contributed by atoms with E-state index < -0.39 is 36.7 Å². The lowest BCUT2D eigenvalue weighted by Crippen LogP contribution is -2.48. The number of nitrogens with zero attached hydrogens (tertiary/aromatic N) is 2. The number of amides is 2. The van der Waals surface area contributed by atoms with Gasteiger partial charge in [0, 0.05) is 13.1 Å². The quantitative estimate of drug-likeness (QED) is 0.628. The van der Waals surface area contributed by atoms with Gasteiger partial charge in [-0.05, 0) is 23.1 Å². The maximum atomic E-state index is 13.1. The topological polar surface area (TPSA) is 91.7 Å². The van der Waals surface area contributed by atoms with Crippen LogP contribution < -0.4 is 5.32 Å². The highest BCUT2D eigenvalue weighted by Gasteiger charge is 2.39. The Bertz CT molecular complexity index is 1020. The molecular weight excluding hydrogens is 451 g/mol. The number of nitriles is 1. The van der Waals surface area contributed by atoms with E-state index >= 15 is 0 Å². The van der Waals surface area contributed by atoms with Crippen LogP contribution in [0, 0.1) is 11.3 Å². The minimum atomic E-state index is -4.76. The molecule has 1 heterocycles. The van der Waals surface area contributed by atoms with E-state index in [1.807, 2.05) is 24.3 Å². The lowest BCUT2D eigenvalue weighted by atomic mass is 10.0. The molecule has 7 nitrogen and oxygen atoms in total. The summed E-state index contributed by atoms with van der Waals surface area (Å²) in [5.74, 6) is -1.21. The van der Waals surface area contributed by atoms with Crippen LogP contribution in [-0.4, -0.2) is 48.4 Å². The van der Waals surface area contributed by atoms with Crippen molar-refractivity contribution in [1.82, 2.24) is 10.2 Å². The summed E-state index contributed by atoms with van der Waals surface area (Å²) in [4.78, 5) is 26.3. The second-order valence-corrected chi connectivity index (χ2v) is 7.82. The van der Waals surface area contributed by atoms with E-state index in [9.17, 15) is 28.0 Å². The van der Waals surface area contributed by atoms with Crippen molar-refractivity contribution in [2.24, 2.45) is 0 Å². The van der Waals surface area contributed by atoms with Crippen LogP contribution in [0.2, 0.25) is 0 Å². The fourth-order valence-corrected chi connectivity index (χ4v) is 3.49. The monoisotopic (exact) mass is 475 g/mol. The third kappa shape index (κ3) is 7.49. The summed E-state index contributed by atoms with van der Waals surface area (Å²) in [6, 6.07) is 17.0. The Hall–Kier alpha value is -3.58. The molecule has 1 aliphatic rings. The van der Waals surface area contributed by atoms with Crippen LogP contribution in [0.1, 0.15) is 23.1 Å². The van der Waals surface area contributed by atoms with Gasteiger partial charge in [-0.1, -0.05) is 54.6 Å². The van der Waals surface area contributed by atoms with Gasteiger partial charge in [-0.3, -0.25) is 4.79 Å². The molecule has 0 aliphatic carbocycles. The maximum Gasteiger partial charge on any atom is 0.410 e. The zero-order valence-corrected chi connectivity index (χ0v) is 18.3. The van der Waals surface area contributed by atoms with Crippen molar-refractivity contribution in [1.29, 1.82) is 5.26 Å². The number of hydrogen-bond donors (Lipinski definition) is 1. The van der Waals surface area contributed by atoms with Crippen molar-refractivity contribution >= 4 is 12.0 Å². The Balaban J connectivity index is 1.58. The van der Waals surface area contributed by atoms with Crippen molar-refractivity contribution in [3.63, 3.8) is 0 Å². The average molecular weight is 475 g/mol. The van der Waals surface area contributed by atoms with Gasteiger partial charge in [-0.25, -0.2) is 4.79 Å². The molecule has 0 saturated carbocycles. The third-order valence-electron chi connectivity index (χ3n) is 5.21. The first kappa shape index (κ1) is 25.1. The van der Waals surface area contributed by atoms with Gasteiger partial charge < -0.3 is 19.7 Å². The SMILES string of the molecule is N#C[C@H](COCc1ccccc1)NC(=O)C(CC(F)(F)F)OC(=O)N1CCc2ccccc2C1. The van der Waals surface area contributed by atoms with Crippen LogP contribution in [0.5, 0.6) is 0 Å². The lowest BCUT2D eigenvalue weighted by molar-refractivity contribution is -0.164. The van der Waals surface area contributed by atoms with E-state index in [2.05, 4.69) is 5.32 Å². The average Bonchev–Trinajstić information content (AvgIpc) is 2.82. The van der Waals surface area contributed by atoms with Gasteiger partial charge in [-0.15, -0.1) is 0 Å². The zero-order valence-electron chi connectivity index (χ0n) is 18.3. The minimum Gasteiger partial charge on any atom is -0.436 e. The highest BCUT2D eigenvalue weighted by molar-refractivity contribution is 5.84. The van der Waals surface area contributed by atoms with Crippen molar-refractivity contribution in [3.05, 3.63) is 71.3 Å². The molecule has 1 aliphatic heterocycles. The molecule has 0 radical (unpaired) electrons. The summed E-state index contributed by atoms with van der Waals surface area (Å²) in [6.45, 7) is 0.340. The van der Waals surface area contributed by atoms with Crippen molar-refractivity contribution in [3.8, 4) is 6.07 Å². The zero-order chi connectivity index (χ0) is 24.6. The Morgan fingerprint density at radius 3 is 2.44 bits per heavy atom. The number of hydrogen-bond acceptors (Lipinski definition) is 5. The van der Waals surface area contributed by atoms with E-state index in [1.54, 1.807) is 36.4 Å². The number of fused-ring (bicyclic) bond motifs is 1. The molecule has 0 fully saturated rings. The molecule has 3 rings (SSSR count). The van der Waals surface area contributed by atoms with Gasteiger partial charge in [-0.2, -0.15) is 18.4 Å². The summed E-state index contributed by atoms with van der Waals surface area (Å²) >= 11 is 0. The van der Waals surface area contributed by atoms with Crippen LogP contribution in [0.4, 0.5) is 18.0 Å². The fraction of sp³-hybridized carbons (Fsp3) is 0.375. The van der Waals surface area contributed by atoms with Crippen LogP contribution in [-0.2, 0) is 33.8 Å². The van der Waals surface area contributed by atoms with Crippen molar-refractivity contribution in [2.45, 2.75) is 44.3 Å². The molecule has 1 N–H and O–H groups in total. The van der Waals surface area contributed by atoms with Crippen LogP contribution in [0.15, 0.2) is 54.6 Å². The molecule has 0 saturated heterocycles. The van der Waals surface area contributed by atoms with Crippen molar-refractivity contribution < 1.29 is 32.2 Å². The van der Waals surface area contributed by atoms with Crippen LogP contribution in [0.25, 0.3) is 0 Å². The van der Waals surface area contributed by atoms with E-state index in [0.29, 0.717) is 6.42 Å². The molecule has 2 aromatic rings. The highest BCUT2D eigenvalue weighted by atomic mass is 19.4. The molecule has 34 heavy (non-hydrogen) atoms. The van der Waals surface area contributed by atoms with E-state index in [1.165, 1.54) is 4.90 Å². The second-order valence-electron chi connectivity index (χ2n) is 7.82. The number of carbonyl (C=O) groups excluding carboxylic acids is 2. The summed E-state index contributed by atoms with van der Waals surface area (Å²) < 4.78 is 49.6. The smallest absolute Gasteiger partial charge is 0.410 e. The van der Waals surface area contributed by atoms with Gasteiger partial charge in [0.2, 0.25) is 0 Å². The van der Waals surface area contributed by atoms with E-state index in [0.717, 1.165) is 16.7 Å². The van der Waals surface area contributed by atoms with Crippen LogP contribution >= 0.6 is 0 Å². The molecule has 0 aromatic heterocycles.